The van der Waals surface area contributed by atoms with Gasteiger partial charge in [-0.25, -0.2) is 0 Å². The van der Waals surface area contributed by atoms with Crippen molar-refractivity contribution in [3.8, 4) is 11.8 Å². The lowest BCUT2D eigenvalue weighted by Crippen LogP contribution is -2.45. The molecule has 0 spiro atoms. The molecule has 0 saturated carbocycles. The molecule has 0 saturated heterocycles. The van der Waals surface area contributed by atoms with Crippen LogP contribution in [0.1, 0.15) is 11.1 Å². The van der Waals surface area contributed by atoms with Crippen LogP contribution in [0.5, 0.6) is 0 Å². The van der Waals surface area contributed by atoms with E-state index in [-0.39, 0.29) is 13.2 Å². The zero-order chi connectivity index (χ0) is 11.3. The number of rotatable bonds is 2. The zero-order valence-corrected chi connectivity index (χ0v) is 8.70. The molecule has 15 heavy (non-hydrogen) atoms. The fourth-order valence-corrected chi connectivity index (χ4v) is 0.963. The van der Waals surface area contributed by atoms with Crippen LogP contribution in [0.3, 0.4) is 0 Å². The predicted octanol–water partition coefficient (Wildman–Crippen LogP) is 0.0286. The highest BCUT2D eigenvalue weighted by Crippen LogP contribution is 2.02. The molecule has 0 bridgehead atoms. The molecular weight excluding hydrogens is 190 g/mol. The Hall–Kier alpha value is -1.34. The summed E-state index contributed by atoms with van der Waals surface area (Å²) >= 11 is 0. The van der Waals surface area contributed by atoms with Gasteiger partial charge in [-0.2, -0.15) is 0 Å². The SMILES string of the molecule is Cc1ccc(C#CC(N)(CO)CO)cc1. The van der Waals surface area contributed by atoms with Crippen molar-refractivity contribution in [1.82, 2.24) is 0 Å². The maximum Gasteiger partial charge on any atom is 0.125 e. The molecule has 1 aromatic rings. The molecule has 0 unspecified atom stereocenters. The standard InChI is InChI=1S/C12H15NO2/c1-10-2-4-11(5-3-10)6-7-12(13,8-14)9-15/h2-5,14-15H,8-9,13H2,1H3. The molecule has 4 N–H and O–H groups in total. The number of aryl methyl sites for hydroxylation is 1. The molecule has 0 fully saturated rings. The summed E-state index contributed by atoms with van der Waals surface area (Å²) in [6.07, 6.45) is 0. The van der Waals surface area contributed by atoms with Crippen LogP contribution in [0, 0.1) is 18.8 Å². The van der Waals surface area contributed by atoms with Crippen molar-refractivity contribution in [3.05, 3.63) is 35.4 Å². The summed E-state index contributed by atoms with van der Waals surface area (Å²) in [6.45, 7) is 1.27. The third-order valence-electron chi connectivity index (χ3n) is 2.07. The molecule has 0 amide bonds. The third kappa shape index (κ3) is 3.37. The van der Waals surface area contributed by atoms with Crippen LogP contribution in [0.4, 0.5) is 0 Å². The van der Waals surface area contributed by atoms with Crippen molar-refractivity contribution in [2.75, 3.05) is 13.2 Å². The van der Waals surface area contributed by atoms with Gasteiger partial charge in [-0.3, -0.25) is 0 Å². The van der Waals surface area contributed by atoms with Gasteiger partial charge in [-0.1, -0.05) is 29.5 Å². The fraction of sp³-hybridized carbons (Fsp3) is 0.333. The summed E-state index contributed by atoms with van der Waals surface area (Å²) in [5.74, 6) is 5.48. The minimum atomic E-state index is -1.22. The zero-order valence-electron chi connectivity index (χ0n) is 8.70. The molecule has 1 aromatic carbocycles. The largest absolute Gasteiger partial charge is 0.393 e. The van der Waals surface area contributed by atoms with Gasteiger partial charge in [-0.05, 0) is 19.1 Å². The first-order chi connectivity index (χ1) is 7.09. The summed E-state index contributed by atoms with van der Waals surface area (Å²) < 4.78 is 0. The van der Waals surface area contributed by atoms with Gasteiger partial charge in [0.05, 0.1) is 13.2 Å². The number of aliphatic hydroxyl groups is 2. The van der Waals surface area contributed by atoms with Crippen molar-refractivity contribution in [1.29, 1.82) is 0 Å². The van der Waals surface area contributed by atoms with Crippen LogP contribution in [0.25, 0.3) is 0 Å². The highest BCUT2D eigenvalue weighted by molar-refractivity contribution is 5.38. The van der Waals surface area contributed by atoms with Gasteiger partial charge >= 0.3 is 0 Å². The van der Waals surface area contributed by atoms with Crippen LogP contribution in [0.2, 0.25) is 0 Å². The quantitative estimate of drug-likeness (QED) is 0.597. The monoisotopic (exact) mass is 205 g/mol. The smallest absolute Gasteiger partial charge is 0.125 e. The first kappa shape index (κ1) is 11.7. The molecule has 3 heteroatoms. The Morgan fingerprint density at radius 2 is 1.73 bits per heavy atom. The summed E-state index contributed by atoms with van der Waals surface area (Å²) in [7, 11) is 0. The second kappa shape index (κ2) is 4.94. The van der Waals surface area contributed by atoms with Gasteiger partial charge in [0, 0.05) is 5.56 Å². The lowest BCUT2D eigenvalue weighted by atomic mass is 10.0. The van der Waals surface area contributed by atoms with Crippen molar-refractivity contribution in [2.24, 2.45) is 5.73 Å². The van der Waals surface area contributed by atoms with Crippen LogP contribution in [0.15, 0.2) is 24.3 Å². The van der Waals surface area contributed by atoms with Crippen LogP contribution in [-0.2, 0) is 0 Å². The maximum atomic E-state index is 8.92. The fourth-order valence-electron chi connectivity index (χ4n) is 0.963. The molecule has 0 aliphatic heterocycles. The van der Waals surface area contributed by atoms with E-state index in [4.69, 9.17) is 15.9 Å². The first-order valence-corrected chi connectivity index (χ1v) is 4.70. The Morgan fingerprint density at radius 3 is 2.20 bits per heavy atom. The number of hydrogen-bond donors (Lipinski definition) is 3. The average molecular weight is 205 g/mol. The van der Waals surface area contributed by atoms with Gasteiger partial charge < -0.3 is 15.9 Å². The molecular formula is C12H15NO2. The lowest BCUT2D eigenvalue weighted by Gasteiger charge is -2.16. The Bertz CT molecular complexity index is 369. The second-order valence-corrected chi connectivity index (χ2v) is 3.59. The van der Waals surface area contributed by atoms with Crippen molar-refractivity contribution in [2.45, 2.75) is 12.5 Å². The van der Waals surface area contributed by atoms with E-state index in [2.05, 4.69) is 11.8 Å². The number of aliphatic hydroxyl groups excluding tert-OH is 2. The number of benzene rings is 1. The van der Waals surface area contributed by atoms with E-state index in [0.29, 0.717) is 0 Å². The van der Waals surface area contributed by atoms with E-state index in [1.54, 1.807) is 0 Å². The second-order valence-electron chi connectivity index (χ2n) is 3.59. The lowest BCUT2D eigenvalue weighted by molar-refractivity contribution is 0.158. The predicted molar refractivity (Wildman–Crippen MR) is 59.1 cm³/mol. The summed E-state index contributed by atoms with van der Waals surface area (Å²) in [5.41, 5.74) is 6.36. The summed E-state index contributed by atoms with van der Waals surface area (Å²) in [4.78, 5) is 0. The summed E-state index contributed by atoms with van der Waals surface area (Å²) in [5, 5.41) is 17.8. The molecule has 3 nitrogen and oxygen atoms in total. The van der Waals surface area contributed by atoms with Crippen LogP contribution >= 0.6 is 0 Å². The van der Waals surface area contributed by atoms with Crippen molar-refractivity contribution >= 4 is 0 Å². The average Bonchev–Trinajstić information content (AvgIpc) is 2.28. The van der Waals surface area contributed by atoms with E-state index >= 15 is 0 Å². The van der Waals surface area contributed by atoms with Gasteiger partial charge in [0.15, 0.2) is 0 Å². The first-order valence-electron chi connectivity index (χ1n) is 4.70. The highest BCUT2D eigenvalue weighted by Gasteiger charge is 2.19. The topological polar surface area (TPSA) is 66.5 Å². The molecule has 1 rings (SSSR count). The minimum Gasteiger partial charge on any atom is -0.393 e. The van der Waals surface area contributed by atoms with Gasteiger partial charge in [0.1, 0.15) is 5.54 Å². The molecule has 0 heterocycles. The van der Waals surface area contributed by atoms with Crippen LogP contribution in [-0.4, -0.2) is 29.0 Å². The molecule has 0 radical (unpaired) electrons. The maximum absolute atomic E-state index is 8.92. The molecule has 0 atom stereocenters. The van der Waals surface area contributed by atoms with E-state index in [9.17, 15) is 0 Å². The number of nitrogens with two attached hydrogens (primary N) is 1. The highest BCUT2D eigenvalue weighted by atomic mass is 16.3. The molecule has 0 aliphatic carbocycles. The van der Waals surface area contributed by atoms with Gasteiger partial charge in [0.25, 0.3) is 0 Å². The molecule has 0 aromatic heterocycles. The Labute approximate surface area is 89.5 Å². The molecule has 0 aliphatic rings. The van der Waals surface area contributed by atoms with Gasteiger partial charge in [-0.15, -0.1) is 0 Å². The minimum absolute atomic E-state index is 0.359. The normalized spacial score (nSPS) is 10.7. The van der Waals surface area contributed by atoms with Crippen LogP contribution < -0.4 is 5.73 Å². The van der Waals surface area contributed by atoms with E-state index in [1.165, 1.54) is 0 Å². The number of hydrogen-bond acceptors (Lipinski definition) is 3. The van der Waals surface area contributed by atoms with E-state index in [0.717, 1.165) is 11.1 Å². The van der Waals surface area contributed by atoms with E-state index in [1.807, 2.05) is 31.2 Å². The summed E-state index contributed by atoms with van der Waals surface area (Å²) in [6, 6.07) is 7.63. The van der Waals surface area contributed by atoms with Crippen molar-refractivity contribution in [3.63, 3.8) is 0 Å². The van der Waals surface area contributed by atoms with E-state index < -0.39 is 5.54 Å². The van der Waals surface area contributed by atoms with Crippen molar-refractivity contribution < 1.29 is 10.2 Å². The molecule has 80 valence electrons. The Balaban J connectivity index is 2.85. The Morgan fingerprint density at radius 1 is 1.20 bits per heavy atom. The van der Waals surface area contributed by atoms with Gasteiger partial charge in [0.2, 0.25) is 0 Å². The Kier molecular flexibility index (Phi) is 3.87. The third-order valence-corrected chi connectivity index (χ3v) is 2.07.